The molecule has 5 heteroatoms. The minimum Gasteiger partial charge on any atom is -0.147 e. The quantitative estimate of drug-likeness (QED) is 0.587. The fraction of sp³-hybridized carbons (Fsp3) is 0.385. The molecule has 1 aliphatic carbocycles. The van der Waals surface area contributed by atoms with Crippen molar-refractivity contribution >= 4 is 33.0 Å². The van der Waals surface area contributed by atoms with Gasteiger partial charge in [0, 0.05) is 17.4 Å². The van der Waals surface area contributed by atoms with E-state index in [-0.39, 0.29) is 18.3 Å². The molecular formula is C13H13ClF3S+. The van der Waals surface area contributed by atoms with E-state index in [1.165, 1.54) is 0 Å². The van der Waals surface area contributed by atoms with Crippen LogP contribution in [0.25, 0.3) is 10.1 Å². The lowest BCUT2D eigenvalue weighted by molar-refractivity contribution is -0.0868. The van der Waals surface area contributed by atoms with E-state index in [4.69, 9.17) is 0 Å². The van der Waals surface area contributed by atoms with Crippen molar-refractivity contribution in [2.75, 3.05) is 0 Å². The van der Waals surface area contributed by atoms with Crippen LogP contribution in [-0.4, -0.2) is 0 Å². The number of hydrogen-bond acceptors (Lipinski definition) is 0. The number of fused-ring (bicyclic) bond motifs is 1. The summed E-state index contributed by atoms with van der Waals surface area (Å²) in [6.07, 6.45) is 2.90. The molecule has 0 N–H and O–H groups in total. The Morgan fingerprint density at radius 2 is 1.78 bits per heavy atom. The summed E-state index contributed by atoms with van der Waals surface area (Å²) in [5, 5.41) is 0.759. The van der Waals surface area contributed by atoms with E-state index in [1.54, 1.807) is 30.3 Å². The van der Waals surface area contributed by atoms with Crippen LogP contribution in [0.2, 0.25) is 0 Å². The first-order valence-corrected chi connectivity index (χ1v) is 6.91. The van der Waals surface area contributed by atoms with Crippen molar-refractivity contribution in [2.45, 2.75) is 30.7 Å². The molecule has 1 atom stereocenters. The minimum absolute atomic E-state index is 0. The lowest BCUT2D eigenvalue weighted by Gasteiger charge is -2.21. The van der Waals surface area contributed by atoms with Gasteiger partial charge in [0.15, 0.2) is 9.58 Å². The highest BCUT2D eigenvalue weighted by Gasteiger charge is 2.49. The smallest absolute Gasteiger partial charge is 0.147 e. The fourth-order valence-electron chi connectivity index (χ4n) is 2.36. The van der Waals surface area contributed by atoms with Crippen LogP contribution in [0.15, 0.2) is 30.3 Å². The summed E-state index contributed by atoms with van der Waals surface area (Å²) in [5.74, 6) is 0.160. The summed E-state index contributed by atoms with van der Waals surface area (Å²) < 4.78 is 40.0. The molecule has 1 unspecified atom stereocenters. The third-order valence-corrected chi connectivity index (χ3v) is 5.61. The van der Waals surface area contributed by atoms with Crippen molar-refractivity contribution in [3.8, 4) is 0 Å². The maximum atomic E-state index is 13.2. The van der Waals surface area contributed by atoms with Gasteiger partial charge >= 0.3 is 5.51 Å². The highest BCUT2D eigenvalue weighted by molar-refractivity contribution is 7.38. The molecule has 1 aromatic heterocycles. The first kappa shape index (κ1) is 13.7. The van der Waals surface area contributed by atoms with Crippen molar-refractivity contribution in [3.05, 3.63) is 35.2 Å². The Bertz CT molecular complexity index is 555. The second-order valence-electron chi connectivity index (χ2n) is 4.46. The van der Waals surface area contributed by atoms with Crippen molar-refractivity contribution < 1.29 is 13.2 Å². The second-order valence-corrected chi connectivity index (χ2v) is 6.45. The standard InChI is InChI=1S/C13H12F3S.ClH/c14-13(15,16)17-11-7-2-1-4-10(11)8-12(17)9-5-3-6-9;/h1-2,4,7-9H,3,5-6H2;1H/q+1;. The van der Waals surface area contributed by atoms with Gasteiger partial charge in [-0.05, 0) is 25.0 Å². The third-order valence-electron chi connectivity index (χ3n) is 3.41. The van der Waals surface area contributed by atoms with Crippen LogP contribution in [0, 0.1) is 0 Å². The first-order chi connectivity index (χ1) is 8.07. The van der Waals surface area contributed by atoms with E-state index >= 15 is 0 Å². The zero-order valence-corrected chi connectivity index (χ0v) is 11.2. The highest BCUT2D eigenvalue weighted by Crippen LogP contribution is 2.55. The van der Waals surface area contributed by atoms with Gasteiger partial charge in [0.2, 0.25) is 0 Å². The summed E-state index contributed by atoms with van der Waals surface area (Å²) >= 11 is 0. The van der Waals surface area contributed by atoms with Crippen LogP contribution in [-0.2, 0) is 5.51 Å². The summed E-state index contributed by atoms with van der Waals surface area (Å²) in [6.45, 7) is 0. The lowest BCUT2D eigenvalue weighted by atomic mass is 9.84. The number of alkyl halides is 3. The fourth-order valence-corrected chi connectivity index (χ4v) is 4.52. The van der Waals surface area contributed by atoms with Gasteiger partial charge in [-0.25, -0.2) is 0 Å². The Balaban J connectivity index is 0.00000120. The van der Waals surface area contributed by atoms with E-state index in [9.17, 15) is 13.2 Å². The van der Waals surface area contributed by atoms with Crippen molar-refractivity contribution in [1.29, 1.82) is 0 Å². The molecule has 1 fully saturated rings. The normalized spacial score (nSPS) is 17.4. The number of hydrogen-bond donors (Lipinski definition) is 0. The Morgan fingerprint density at radius 3 is 2.33 bits per heavy atom. The molecule has 1 aliphatic rings. The zero-order valence-electron chi connectivity index (χ0n) is 9.54. The van der Waals surface area contributed by atoms with Gasteiger partial charge in [-0.2, -0.15) is 0 Å². The van der Waals surface area contributed by atoms with E-state index in [0.29, 0.717) is 9.58 Å². The average Bonchev–Trinajstić information content (AvgIpc) is 2.52. The minimum atomic E-state index is -4.13. The van der Waals surface area contributed by atoms with E-state index in [2.05, 4.69) is 0 Å². The maximum Gasteiger partial charge on any atom is 0.600 e. The predicted octanol–water partition coefficient (Wildman–Crippen LogP) is 5.75. The molecule has 0 radical (unpaired) electrons. The molecule has 0 bridgehead atoms. The van der Waals surface area contributed by atoms with Crippen LogP contribution in [0.4, 0.5) is 13.2 Å². The molecule has 0 saturated heterocycles. The summed E-state index contributed by atoms with van der Waals surface area (Å²) in [6, 6.07) is 8.68. The Hall–Kier alpha value is -0.740. The summed E-state index contributed by atoms with van der Waals surface area (Å²) in [4.78, 5) is 0.616. The molecule has 0 nitrogen and oxygen atoms in total. The lowest BCUT2D eigenvalue weighted by Crippen LogP contribution is -2.10. The van der Waals surface area contributed by atoms with Gasteiger partial charge in [-0.15, -0.1) is 25.6 Å². The monoisotopic (exact) mass is 293 g/mol. The molecule has 1 saturated carbocycles. The highest BCUT2D eigenvalue weighted by atomic mass is 35.5. The van der Waals surface area contributed by atoms with Crippen molar-refractivity contribution in [3.63, 3.8) is 0 Å². The van der Waals surface area contributed by atoms with Gasteiger partial charge in [0.25, 0.3) is 0 Å². The number of rotatable bonds is 1. The van der Waals surface area contributed by atoms with Gasteiger partial charge in [0.05, 0.1) is 10.5 Å². The van der Waals surface area contributed by atoms with E-state index in [1.807, 2.05) is 0 Å². The average molecular weight is 294 g/mol. The molecule has 0 amide bonds. The Morgan fingerprint density at radius 1 is 1.11 bits per heavy atom. The van der Waals surface area contributed by atoms with E-state index in [0.717, 1.165) is 24.6 Å². The third kappa shape index (κ3) is 2.12. The van der Waals surface area contributed by atoms with Crippen LogP contribution in [0.5, 0.6) is 0 Å². The molecule has 1 aromatic carbocycles. The summed E-state index contributed by atoms with van der Waals surface area (Å²) in [7, 11) is -1.67. The van der Waals surface area contributed by atoms with Gasteiger partial charge in [0.1, 0.15) is 0 Å². The van der Waals surface area contributed by atoms with Gasteiger partial charge < -0.3 is 0 Å². The SMILES string of the molecule is Cl.FC(F)(F)[s+]1c(C2CCC2)cc2ccccc21. The van der Waals surface area contributed by atoms with Crippen molar-refractivity contribution in [1.82, 2.24) is 0 Å². The molecule has 1 heterocycles. The van der Waals surface area contributed by atoms with Gasteiger partial charge in [-0.1, -0.05) is 18.6 Å². The number of benzene rings is 1. The first-order valence-electron chi connectivity index (χ1n) is 5.69. The van der Waals surface area contributed by atoms with Crippen molar-refractivity contribution in [2.24, 2.45) is 0 Å². The molecule has 2 aromatic rings. The molecule has 0 aliphatic heterocycles. The summed E-state index contributed by atoms with van der Waals surface area (Å²) in [5.41, 5.74) is -4.13. The molecule has 18 heavy (non-hydrogen) atoms. The molecular weight excluding hydrogens is 281 g/mol. The molecule has 0 spiro atoms. The Labute approximate surface area is 112 Å². The van der Waals surface area contributed by atoms with Gasteiger partial charge in [-0.3, -0.25) is 0 Å². The predicted molar refractivity (Wildman–Crippen MR) is 71.6 cm³/mol. The molecule has 3 rings (SSSR count). The zero-order chi connectivity index (χ0) is 12.0. The number of halogens is 4. The maximum absolute atomic E-state index is 13.2. The van der Waals surface area contributed by atoms with E-state index < -0.39 is 16.0 Å². The number of thiophene rings is 1. The van der Waals surface area contributed by atoms with Crippen LogP contribution in [0.1, 0.15) is 30.1 Å². The Kier molecular flexibility index (Phi) is 3.60. The molecule has 98 valence electrons. The topological polar surface area (TPSA) is 0 Å². The van der Waals surface area contributed by atoms with Crippen LogP contribution >= 0.6 is 22.9 Å². The largest absolute Gasteiger partial charge is 0.600 e. The second kappa shape index (κ2) is 4.74. The van der Waals surface area contributed by atoms with Crippen LogP contribution < -0.4 is 0 Å². The van der Waals surface area contributed by atoms with Crippen LogP contribution in [0.3, 0.4) is 0 Å².